The molecule has 0 spiro atoms. The Morgan fingerprint density at radius 1 is 1.11 bits per heavy atom. The molecule has 11 nitrogen and oxygen atoms in total. The highest BCUT2D eigenvalue weighted by molar-refractivity contribution is 7.92. The number of sulfonamides is 1. The molecule has 1 aliphatic rings. The smallest absolute Gasteiger partial charge is 0.273 e. The Kier molecular flexibility index (Phi) is 10.7. The second-order valence-corrected chi connectivity index (χ2v) is 13.1. The number of aryl methyl sites for hydroxylation is 1. The van der Waals surface area contributed by atoms with Crippen molar-refractivity contribution in [1.29, 1.82) is 0 Å². The van der Waals surface area contributed by atoms with Crippen molar-refractivity contribution in [1.82, 2.24) is 10.2 Å². The standard InChI is InChI=1S/C31H34ClFN4O7S/c1-20-8-14-26(17-27(20)37(40)41)45(42,43)36(28-16-23(32)11-15-29(28)44-3)19-30(38)35(18-22-9-12-24(33)13-10-22)21(2)31(39)34-25-6-4-5-7-25/h8-17,21,25H,4-7,18-19H2,1-3H3,(H,34,39). The van der Waals surface area contributed by atoms with Gasteiger partial charge in [-0.2, -0.15) is 0 Å². The number of hydrogen-bond donors (Lipinski definition) is 1. The zero-order chi connectivity index (χ0) is 32.9. The van der Waals surface area contributed by atoms with E-state index in [1.54, 1.807) is 0 Å². The average molecular weight is 661 g/mol. The number of amides is 2. The zero-order valence-corrected chi connectivity index (χ0v) is 26.6. The third-order valence-electron chi connectivity index (χ3n) is 7.79. The quantitative estimate of drug-likeness (QED) is 0.203. The Bertz CT molecular complexity index is 1680. The number of nitrogens with zero attached hydrogens (tertiary/aromatic N) is 3. The summed E-state index contributed by atoms with van der Waals surface area (Å²) in [6, 6.07) is 12.0. The van der Waals surface area contributed by atoms with Crippen molar-refractivity contribution in [3.8, 4) is 5.75 Å². The van der Waals surface area contributed by atoms with Gasteiger partial charge in [0.1, 0.15) is 24.2 Å². The average Bonchev–Trinajstić information content (AvgIpc) is 3.52. The van der Waals surface area contributed by atoms with Gasteiger partial charge in [0.05, 0.1) is 22.6 Å². The van der Waals surface area contributed by atoms with Gasteiger partial charge in [-0.1, -0.05) is 42.6 Å². The Hall–Kier alpha value is -4.23. The monoisotopic (exact) mass is 660 g/mol. The molecule has 1 unspecified atom stereocenters. The van der Waals surface area contributed by atoms with Gasteiger partial charge in [0.2, 0.25) is 11.8 Å². The molecule has 0 heterocycles. The van der Waals surface area contributed by atoms with E-state index in [2.05, 4.69) is 5.32 Å². The number of benzene rings is 3. The maximum absolute atomic E-state index is 14.2. The van der Waals surface area contributed by atoms with Crippen LogP contribution in [-0.4, -0.2) is 55.8 Å². The van der Waals surface area contributed by atoms with Gasteiger partial charge in [0.15, 0.2) is 0 Å². The van der Waals surface area contributed by atoms with Crippen LogP contribution in [0.15, 0.2) is 65.6 Å². The number of hydrogen-bond acceptors (Lipinski definition) is 7. The first-order chi connectivity index (χ1) is 21.3. The third kappa shape index (κ3) is 7.90. The molecule has 3 aromatic rings. The first-order valence-corrected chi connectivity index (χ1v) is 16.1. The summed E-state index contributed by atoms with van der Waals surface area (Å²) >= 11 is 6.25. The molecule has 4 rings (SSSR count). The second-order valence-electron chi connectivity index (χ2n) is 10.8. The number of methoxy groups -OCH3 is 1. The summed E-state index contributed by atoms with van der Waals surface area (Å²) in [5.74, 6) is -1.60. The topological polar surface area (TPSA) is 139 Å². The Morgan fingerprint density at radius 2 is 1.78 bits per heavy atom. The zero-order valence-electron chi connectivity index (χ0n) is 25.0. The van der Waals surface area contributed by atoms with E-state index in [9.17, 15) is 32.5 Å². The molecule has 1 atom stereocenters. The molecule has 0 aliphatic heterocycles. The molecule has 2 amide bonds. The lowest BCUT2D eigenvalue weighted by Gasteiger charge is -2.33. The molecule has 240 valence electrons. The van der Waals surface area contributed by atoms with E-state index in [-0.39, 0.29) is 34.6 Å². The van der Waals surface area contributed by atoms with Gasteiger partial charge in [0.25, 0.3) is 15.7 Å². The molecule has 1 saturated carbocycles. The van der Waals surface area contributed by atoms with Crippen LogP contribution in [0.4, 0.5) is 15.8 Å². The summed E-state index contributed by atoms with van der Waals surface area (Å²) in [6.45, 7) is 2.06. The van der Waals surface area contributed by atoms with Crippen LogP contribution in [0.5, 0.6) is 5.75 Å². The molecular weight excluding hydrogens is 627 g/mol. The fourth-order valence-electron chi connectivity index (χ4n) is 5.21. The molecule has 1 N–H and O–H groups in total. The van der Waals surface area contributed by atoms with Crippen LogP contribution in [0.2, 0.25) is 5.02 Å². The minimum absolute atomic E-state index is 0.0346. The summed E-state index contributed by atoms with van der Waals surface area (Å²) in [7, 11) is -3.34. The lowest BCUT2D eigenvalue weighted by Crippen LogP contribution is -2.52. The Morgan fingerprint density at radius 3 is 2.40 bits per heavy atom. The van der Waals surface area contributed by atoms with Crippen LogP contribution in [-0.2, 0) is 26.2 Å². The predicted molar refractivity (Wildman–Crippen MR) is 167 cm³/mol. The van der Waals surface area contributed by atoms with Crippen molar-refractivity contribution in [2.45, 2.75) is 63.1 Å². The number of ether oxygens (including phenoxy) is 1. The van der Waals surface area contributed by atoms with Crippen LogP contribution in [0.1, 0.15) is 43.7 Å². The highest BCUT2D eigenvalue weighted by Gasteiger charge is 2.35. The molecule has 45 heavy (non-hydrogen) atoms. The van der Waals surface area contributed by atoms with E-state index in [1.165, 1.54) is 80.5 Å². The van der Waals surface area contributed by atoms with Crippen LogP contribution < -0.4 is 14.4 Å². The van der Waals surface area contributed by atoms with Gasteiger partial charge in [-0.05, 0) is 68.7 Å². The molecule has 14 heteroatoms. The molecule has 0 saturated heterocycles. The highest BCUT2D eigenvalue weighted by atomic mass is 35.5. The fraction of sp³-hybridized carbons (Fsp3) is 0.355. The summed E-state index contributed by atoms with van der Waals surface area (Å²) in [6.07, 6.45) is 3.58. The van der Waals surface area contributed by atoms with Crippen LogP contribution >= 0.6 is 11.6 Å². The van der Waals surface area contributed by atoms with E-state index in [0.29, 0.717) is 5.56 Å². The minimum Gasteiger partial charge on any atom is -0.495 e. The lowest BCUT2D eigenvalue weighted by molar-refractivity contribution is -0.385. The van der Waals surface area contributed by atoms with Gasteiger partial charge in [0, 0.05) is 29.2 Å². The number of nitrogens with one attached hydrogen (secondary N) is 1. The van der Waals surface area contributed by atoms with Crippen LogP contribution in [0, 0.1) is 22.9 Å². The Labute approximate surface area is 266 Å². The molecule has 0 bridgehead atoms. The van der Waals surface area contributed by atoms with Crippen LogP contribution in [0.3, 0.4) is 0 Å². The van der Waals surface area contributed by atoms with Crippen molar-refractivity contribution >= 4 is 44.8 Å². The number of nitro groups is 1. The third-order valence-corrected chi connectivity index (χ3v) is 9.78. The molecular formula is C31H34ClFN4O7S. The largest absolute Gasteiger partial charge is 0.495 e. The number of rotatable bonds is 12. The maximum atomic E-state index is 14.2. The van der Waals surface area contributed by atoms with E-state index in [4.69, 9.17) is 16.3 Å². The molecule has 1 aliphatic carbocycles. The van der Waals surface area contributed by atoms with Crippen molar-refractivity contribution in [3.63, 3.8) is 0 Å². The van der Waals surface area contributed by atoms with E-state index in [0.717, 1.165) is 36.1 Å². The molecule has 1 fully saturated rings. The Balaban J connectivity index is 1.78. The van der Waals surface area contributed by atoms with E-state index >= 15 is 0 Å². The van der Waals surface area contributed by atoms with Gasteiger partial charge < -0.3 is 15.0 Å². The lowest BCUT2D eigenvalue weighted by atomic mass is 10.1. The minimum atomic E-state index is -4.66. The number of carbonyl (C=O) groups excluding carboxylic acids is 2. The van der Waals surface area contributed by atoms with E-state index in [1.807, 2.05) is 0 Å². The number of anilines is 1. The molecule has 0 radical (unpaired) electrons. The number of carbonyl (C=O) groups is 2. The van der Waals surface area contributed by atoms with Crippen molar-refractivity contribution < 1.29 is 32.1 Å². The van der Waals surface area contributed by atoms with Gasteiger partial charge >= 0.3 is 0 Å². The van der Waals surface area contributed by atoms with Crippen molar-refractivity contribution in [3.05, 3.63) is 92.7 Å². The summed E-state index contributed by atoms with van der Waals surface area (Å²) in [4.78, 5) is 39.2. The molecule has 3 aromatic carbocycles. The fourth-order valence-corrected chi connectivity index (χ4v) is 6.81. The normalized spacial score (nSPS) is 14.1. The van der Waals surface area contributed by atoms with Crippen LogP contribution in [0.25, 0.3) is 0 Å². The number of nitro benzene ring substituents is 1. The number of halogens is 2. The summed E-state index contributed by atoms with van der Waals surface area (Å²) < 4.78 is 48.2. The summed E-state index contributed by atoms with van der Waals surface area (Å²) in [5.41, 5.74) is 0.241. The van der Waals surface area contributed by atoms with E-state index < -0.39 is 55.7 Å². The van der Waals surface area contributed by atoms with Crippen molar-refractivity contribution in [2.75, 3.05) is 18.0 Å². The second kappa shape index (κ2) is 14.2. The van der Waals surface area contributed by atoms with Gasteiger partial charge in [-0.25, -0.2) is 12.8 Å². The summed E-state index contributed by atoms with van der Waals surface area (Å²) in [5, 5.41) is 14.8. The highest BCUT2D eigenvalue weighted by Crippen LogP contribution is 2.36. The molecule has 0 aromatic heterocycles. The first-order valence-electron chi connectivity index (χ1n) is 14.3. The van der Waals surface area contributed by atoms with Gasteiger partial charge in [-0.3, -0.25) is 24.0 Å². The van der Waals surface area contributed by atoms with Crippen molar-refractivity contribution in [2.24, 2.45) is 0 Å². The maximum Gasteiger partial charge on any atom is 0.273 e. The SMILES string of the molecule is COc1ccc(Cl)cc1N(CC(=O)N(Cc1ccc(F)cc1)C(C)C(=O)NC1CCCC1)S(=O)(=O)c1ccc(C)c([N+](=O)[O-])c1. The first kappa shape index (κ1) is 33.7. The predicted octanol–water partition coefficient (Wildman–Crippen LogP) is 5.38. The van der Waals surface area contributed by atoms with Gasteiger partial charge in [-0.15, -0.1) is 0 Å².